The minimum absolute atomic E-state index is 0.0939. The summed E-state index contributed by atoms with van der Waals surface area (Å²) in [4.78, 5) is 8.55. The maximum absolute atomic E-state index is 12.8. The summed E-state index contributed by atoms with van der Waals surface area (Å²) in [5.41, 5.74) is 1.44. The van der Waals surface area contributed by atoms with Crippen LogP contribution in [0.1, 0.15) is 36.8 Å². The third-order valence-electron chi connectivity index (χ3n) is 4.33. The molecular formula is C16H22N4O4S. The van der Waals surface area contributed by atoms with Crippen molar-refractivity contribution in [2.75, 3.05) is 13.1 Å². The predicted molar refractivity (Wildman–Crippen MR) is 89.8 cm³/mol. The molecule has 0 saturated carbocycles. The maximum atomic E-state index is 12.8. The first-order chi connectivity index (χ1) is 11.9. The van der Waals surface area contributed by atoms with E-state index in [1.165, 1.54) is 4.31 Å². The molecule has 25 heavy (non-hydrogen) atoms. The second-order valence-electron chi connectivity index (χ2n) is 6.10. The highest BCUT2D eigenvalue weighted by atomic mass is 32.2. The lowest BCUT2D eigenvalue weighted by atomic mass is 10.1. The molecule has 3 rings (SSSR count). The van der Waals surface area contributed by atoms with Gasteiger partial charge in [0.25, 0.3) is 0 Å². The zero-order valence-electron chi connectivity index (χ0n) is 14.6. The van der Waals surface area contributed by atoms with E-state index in [1.54, 1.807) is 26.2 Å². The van der Waals surface area contributed by atoms with E-state index in [-0.39, 0.29) is 11.0 Å². The van der Waals surface area contributed by atoms with Crippen molar-refractivity contribution in [2.24, 2.45) is 0 Å². The topological polar surface area (TPSA) is 98.4 Å². The molecule has 0 bridgehead atoms. The first-order valence-electron chi connectivity index (χ1n) is 8.32. The van der Waals surface area contributed by atoms with Gasteiger partial charge in [-0.2, -0.15) is 4.31 Å². The molecule has 3 heterocycles. The number of hydrogen-bond acceptors (Lipinski definition) is 7. The Morgan fingerprint density at radius 1 is 1.24 bits per heavy atom. The lowest BCUT2D eigenvalue weighted by Gasteiger charge is -2.30. The number of aryl methyl sites for hydroxylation is 3. The van der Waals surface area contributed by atoms with Crippen LogP contribution in [0.15, 0.2) is 21.8 Å². The van der Waals surface area contributed by atoms with Crippen molar-refractivity contribution in [3.05, 3.63) is 29.4 Å². The average Bonchev–Trinajstić information content (AvgIpc) is 2.95. The van der Waals surface area contributed by atoms with Gasteiger partial charge in [-0.3, -0.25) is 0 Å². The second kappa shape index (κ2) is 7.09. The van der Waals surface area contributed by atoms with Crippen LogP contribution in [0.2, 0.25) is 0 Å². The largest absolute Gasteiger partial charge is 0.460 e. The van der Waals surface area contributed by atoms with Gasteiger partial charge in [-0.1, -0.05) is 12.1 Å². The van der Waals surface area contributed by atoms with Crippen molar-refractivity contribution in [2.45, 2.75) is 51.0 Å². The van der Waals surface area contributed by atoms with E-state index in [0.717, 1.165) is 12.0 Å². The van der Waals surface area contributed by atoms with Crippen LogP contribution in [-0.2, 0) is 16.4 Å². The summed E-state index contributed by atoms with van der Waals surface area (Å²) in [6.07, 6.45) is 5.45. The number of rotatable bonds is 5. The maximum Gasteiger partial charge on any atom is 0.316 e. The van der Waals surface area contributed by atoms with Crippen molar-refractivity contribution in [3.8, 4) is 6.01 Å². The molecule has 1 fully saturated rings. The lowest BCUT2D eigenvalue weighted by Crippen LogP contribution is -2.42. The molecule has 0 N–H and O–H groups in total. The van der Waals surface area contributed by atoms with Crippen LogP contribution < -0.4 is 4.74 Å². The Bertz CT molecular complexity index is 805. The summed E-state index contributed by atoms with van der Waals surface area (Å²) in [5, 5.41) is 3.74. The number of aromatic nitrogens is 3. The normalized spacial score (nSPS) is 16.9. The number of piperidine rings is 1. The summed E-state index contributed by atoms with van der Waals surface area (Å²) in [6, 6.07) is 0.337. The van der Waals surface area contributed by atoms with Crippen molar-refractivity contribution in [1.82, 2.24) is 19.4 Å². The summed E-state index contributed by atoms with van der Waals surface area (Å²) >= 11 is 0. The molecule has 136 valence electrons. The molecule has 9 heteroatoms. The molecule has 0 aromatic carbocycles. The molecule has 0 unspecified atom stereocenters. The number of sulfonamides is 1. The van der Waals surface area contributed by atoms with E-state index < -0.39 is 10.0 Å². The van der Waals surface area contributed by atoms with Gasteiger partial charge in [0.05, 0.1) is 0 Å². The van der Waals surface area contributed by atoms with E-state index in [4.69, 9.17) is 9.26 Å². The molecule has 0 radical (unpaired) electrons. The highest BCUT2D eigenvalue weighted by Crippen LogP contribution is 2.26. The first-order valence-corrected chi connectivity index (χ1v) is 9.76. The van der Waals surface area contributed by atoms with Crippen LogP contribution in [0.3, 0.4) is 0 Å². The van der Waals surface area contributed by atoms with Crippen molar-refractivity contribution >= 4 is 10.0 Å². The predicted octanol–water partition coefficient (Wildman–Crippen LogP) is 1.88. The van der Waals surface area contributed by atoms with Gasteiger partial charge in [0.2, 0.25) is 10.0 Å². The highest BCUT2D eigenvalue weighted by molar-refractivity contribution is 7.89. The Kier molecular flexibility index (Phi) is 5.05. The fourth-order valence-corrected chi connectivity index (χ4v) is 4.66. The fraction of sp³-hybridized carbons (Fsp3) is 0.562. The Morgan fingerprint density at radius 3 is 2.40 bits per heavy atom. The van der Waals surface area contributed by atoms with Gasteiger partial charge < -0.3 is 9.26 Å². The number of nitrogens with zero attached hydrogens (tertiary/aromatic N) is 4. The van der Waals surface area contributed by atoms with Crippen molar-refractivity contribution in [3.63, 3.8) is 0 Å². The van der Waals surface area contributed by atoms with Crippen molar-refractivity contribution in [1.29, 1.82) is 0 Å². The van der Waals surface area contributed by atoms with E-state index in [1.807, 2.05) is 6.92 Å². The van der Waals surface area contributed by atoms with Crippen LogP contribution in [0.5, 0.6) is 6.01 Å². The molecule has 1 saturated heterocycles. The van der Waals surface area contributed by atoms with Crippen LogP contribution in [0, 0.1) is 13.8 Å². The summed E-state index contributed by atoms with van der Waals surface area (Å²) in [6.45, 7) is 6.04. The van der Waals surface area contributed by atoms with E-state index in [2.05, 4.69) is 15.1 Å². The Balaban J connectivity index is 1.63. The van der Waals surface area contributed by atoms with Crippen molar-refractivity contribution < 1.29 is 17.7 Å². The summed E-state index contributed by atoms with van der Waals surface area (Å²) in [7, 11) is -3.60. The number of ether oxygens (including phenoxy) is 1. The first kappa shape index (κ1) is 17.8. The quantitative estimate of drug-likeness (QED) is 0.796. The Labute approximate surface area is 147 Å². The minimum atomic E-state index is -3.60. The summed E-state index contributed by atoms with van der Waals surface area (Å²) < 4.78 is 37.8. The standard InChI is InChI=1S/C16H22N4O4S/c1-4-13-9-17-16(18-10-13)23-14-5-7-20(8-6-14)25(21,22)15-11(2)19-24-12(15)3/h9-10,14H,4-8H2,1-3H3. The average molecular weight is 366 g/mol. The van der Waals surface area contributed by atoms with Gasteiger partial charge in [0.15, 0.2) is 5.76 Å². The molecule has 0 aliphatic carbocycles. The molecular weight excluding hydrogens is 344 g/mol. The molecule has 0 amide bonds. The molecule has 1 aliphatic rings. The van der Waals surface area contributed by atoms with Gasteiger partial charge in [-0.05, 0) is 38.7 Å². The van der Waals surface area contributed by atoms with Gasteiger partial charge in [-0.15, -0.1) is 0 Å². The SMILES string of the molecule is CCc1cnc(OC2CCN(S(=O)(=O)c3c(C)noc3C)CC2)nc1. The van der Waals surface area contributed by atoms with E-state index in [9.17, 15) is 8.42 Å². The van der Waals surface area contributed by atoms with Gasteiger partial charge in [0, 0.05) is 25.5 Å². The fourth-order valence-electron chi connectivity index (χ4n) is 2.90. The zero-order chi connectivity index (χ0) is 18.0. The van der Waals surface area contributed by atoms with Gasteiger partial charge >= 0.3 is 6.01 Å². The second-order valence-corrected chi connectivity index (χ2v) is 7.98. The zero-order valence-corrected chi connectivity index (χ0v) is 15.4. The smallest absolute Gasteiger partial charge is 0.316 e. The summed E-state index contributed by atoms with van der Waals surface area (Å²) in [5.74, 6) is 0.320. The molecule has 0 atom stereocenters. The Morgan fingerprint density at radius 2 is 1.88 bits per heavy atom. The third-order valence-corrected chi connectivity index (χ3v) is 6.47. The Hall–Kier alpha value is -2.00. The van der Waals surface area contributed by atoms with Crippen LogP contribution in [0.25, 0.3) is 0 Å². The molecule has 0 spiro atoms. The van der Waals surface area contributed by atoms with Gasteiger partial charge in [-0.25, -0.2) is 18.4 Å². The van der Waals surface area contributed by atoms with Crippen LogP contribution >= 0.6 is 0 Å². The highest BCUT2D eigenvalue weighted by Gasteiger charge is 2.34. The third kappa shape index (κ3) is 3.67. The van der Waals surface area contributed by atoms with E-state index >= 15 is 0 Å². The van der Waals surface area contributed by atoms with Crippen LogP contribution in [-0.4, -0.2) is 47.0 Å². The monoisotopic (exact) mass is 366 g/mol. The molecule has 1 aliphatic heterocycles. The minimum Gasteiger partial charge on any atom is -0.460 e. The van der Waals surface area contributed by atoms with E-state index in [0.29, 0.717) is 43.4 Å². The molecule has 8 nitrogen and oxygen atoms in total. The molecule has 2 aromatic rings. The molecule has 2 aromatic heterocycles. The number of hydrogen-bond donors (Lipinski definition) is 0. The van der Waals surface area contributed by atoms with Gasteiger partial charge in [0.1, 0.15) is 16.7 Å². The van der Waals surface area contributed by atoms with Crippen LogP contribution in [0.4, 0.5) is 0 Å². The lowest BCUT2D eigenvalue weighted by molar-refractivity contribution is 0.124.